The lowest BCUT2D eigenvalue weighted by Crippen LogP contribution is -2.34. The number of nitrogens with one attached hydrogen (secondary N) is 1. The number of benzene rings is 2. The molecule has 1 aliphatic rings. The van der Waals surface area contributed by atoms with Crippen LogP contribution in [0, 0.1) is 11.7 Å². The highest BCUT2D eigenvalue weighted by Gasteiger charge is 2.32. The molecule has 1 amide bonds. The van der Waals surface area contributed by atoms with E-state index in [1.54, 1.807) is 24.4 Å². The van der Waals surface area contributed by atoms with Crippen LogP contribution in [0.1, 0.15) is 18.1 Å². The lowest BCUT2D eigenvalue weighted by molar-refractivity contribution is -0.121. The summed E-state index contributed by atoms with van der Waals surface area (Å²) in [6.45, 7) is 2.57. The number of nitrogens with zero attached hydrogens (tertiary/aromatic N) is 1. The molecule has 2 aromatic carbocycles. The first-order chi connectivity index (χ1) is 15.5. The van der Waals surface area contributed by atoms with Gasteiger partial charge in [0.05, 0.1) is 10.3 Å². The number of thioether (sulfide) groups is 1. The molecule has 4 rings (SSSR count). The number of pyridine rings is 1. The summed E-state index contributed by atoms with van der Waals surface area (Å²) in [7, 11) is 0. The Morgan fingerprint density at radius 3 is 2.62 bits per heavy atom. The molecule has 0 bridgehead atoms. The number of rotatable bonds is 7. The summed E-state index contributed by atoms with van der Waals surface area (Å²) in [6, 6.07) is 19.1. The third-order valence-corrected chi connectivity index (χ3v) is 6.59. The van der Waals surface area contributed by atoms with E-state index in [1.807, 2.05) is 43.3 Å². The van der Waals surface area contributed by atoms with Crippen LogP contribution in [0.15, 0.2) is 83.8 Å². The standard InChI is InChI=1S/C25H23FN2O3S/c1-17-12-23(32-24(17)25(30)27-15-19-8-5-9-20(26)13-19)28-11-10-21(14-22(28)29)31-16-18-6-3-2-4-7-18/h2-14,17,24H,15-16H2,1H3,(H,27,30). The van der Waals surface area contributed by atoms with E-state index in [4.69, 9.17) is 4.74 Å². The van der Waals surface area contributed by atoms with Crippen LogP contribution in [0.4, 0.5) is 4.39 Å². The molecule has 0 spiro atoms. The molecule has 0 saturated carbocycles. The topological polar surface area (TPSA) is 60.3 Å². The molecule has 0 saturated heterocycles. The third kappa shape index (κ3) is 5.29. The molecule has 5 nitrogen and oxygen atoms in total. The van der Waals surface area contributed by atoms with E-state index >= 15 is 0 Å². The summed E-state index contributed by atoms with van der Waals surface area (Å²) in [5, 5.41) is 3.21. The first-order valence-corrected chi connectivity index (χ1v) is 11.2. The maximum absolute atomic E-state index is 13.3. The van der Waals surface area contributed by atoms with Crippen molar-refractivity contribution in [2.24, 2.45) is 5.92 Å². The van der Waals surface area contributed by atoms with Crippen LogP contribution in [0.3, 0.4) is 0 Å². The van der Waals surface area contributed by atoms with E-state index in [1.165, 1.54) is 34.5 Å². The molecule has 0 fully saturated rings. The molecule has 2 heterocycles. The second-order valence-electron chi connectivity index (χ2n) is 7.60. The van der Waals surface area contributed by atoms with Crippen LogP contribution in [0.5, 0.6) is 5.75 Å². The molecule has 1 N–H and O–H groups in total. The van der Waals surface area contributed by atoms with E-state index in [2.05, 4.69) is 5.32 Å². The normalized spacial score (nSPS) is 17.6. The SMILES string of the molecule is CC1C=C(n2ccc(OCc3ccccc3)cc2=O)SC1C(=O)NCc1cccc(F)c1. The summed E-state index contributed by atoms with van der Waals surface area (Å²) < 4.78 is 20.6. The van der Waals surface area contributed by atoms with Gasteiger partial charge < -0.3 is 10.1 Å². The number of carbonyl (C=O) groups is 1. The fourth-order valence-electron chi connectivity index (χ4n) is 3.43. The lowest BCUT2D eigenvalue weighted by atomic mass is 10.1. The van der Waals surface area contributed by atoms with Crippen molar-refractivity contribution < 1.29 is 13.9 Å². The summed E-state index contributed by atoms with van der Waals surface area (Å²) in [6.07, 6.45) is 3.59. The van der Waals surface area contributed by atoms with Gasteiger partial charge in [-0.25, -0.2) is 4.39 Å². The maximum Gasteiger partial charge on any atom is 0.259 e. The Kier molecular flexibility index (Phi) is 6.75. The Morgan fingerprint density at radius 1 is 1.09 bits per heavy atom. The lowest BCUT2D eigenvalue weighted by Gasteiger charge is -2.15. The Labute approximate surface area is 189 Å². The van der Waals surface area contributed by atoms with E-state index in [9.17, 15) is 14.0 Å². The van der Waals surface area contributed by atoms with Gasteiger partial charge in [0, 0.05) is 18.8 Å². The molecule has 7 heteroatoms. The Balaban J connectivity index is 1.37. The van der Waals surface area contributed by atoms with Crippen molar-refractivity contribution in [3.05, 3.63) is 106 Å². The predicted octanol–water partition coefficient (Wildman–Crippen LogP) is 4.43. The monoisotopic (exact) mass is 450 g/mol. The minimum atomic E-state index is -0.362. The number of aromatic nitrogens is 1. The van der Waals surface area contributed by atoms with Crippen LogP contribution in [-0.4, -0.2) is 15.7 Å². The van der Waals surface area contributed by atoms with E-state index in [0.717, 1.165) is 5.56 Å². The summed E-state index contributed by atoms with van der Waals surface area (Å²) >= 11 is 1.35. The van der Waals surface area contributed by atoms with Gasteiger partial charge in [-0.3, -0.25) is 14.2 Å². The number of halogens is 1. The van der Waals surface area contributed by atoms with Crippen LogP contribution in [0.2, 0.25) is 0 Å². The first-order valence-electron chi connectivity index (χ1n) is 10.3. The Morgan fingerprint density at radius 2 is 1.88 bits per heavy atom. The molecule has 0 aliphatic carbocycles. The van der Waals surface area contributed by atoms with Gasteiger partial charge in [0.2, 0.25) is 5.91 Å². The van der Waals surface area contributed by atoms with Crippen molar-refractivity contribution in [2.45, 2.75) is 25.3 Å². The van der Waals surface area contributed by atoms with Crippen molar-refractivity contribution >= 4 is 22.7 Å². The molecule has 3 aromatic rings. The summed E-state index contributed by atoms with van der Waals surface area (Å²) in [5.41, 5.74) is 1.50. The van der Waals surface area contributed by atoms with Gasteiger partial charge in [0.15, 0.2) is 0 Å². The Hall–Kier alpha value is -3.32. The van der Waals surface area contributed by atoms with Gasteiger partial charge in [0.1, 0.15) is 18.2 Å². The highest BCUT2D eigenvalue weighted by Crippen LogP contribution is 2.39. The number of amides is 1. The average Bonchev–Trinajstić information content (AvgIpc) is 3.18. The van der Waals surface area contributed by atoms with Crippen LogP contribution < -0.4 is 15.6 Å². The maximum atomic E-state index is 13.3. The zero-order chi connectivity index (χ0) is 22.5. The largest absolute Gasteiger partial charge is 0.489 e. The summed E-state index contributed by atoms with van der Waals surface area (Å²) in [4.78, 5) is 25.3. The zero-order valence-corrected chi connectivity index (χ0v) is 18.3. The van der Waals surface area contributed by atoms with Crippen molar-refractivity contribution in [1.29, 1.82) is 0 Å². The molecule has 0 radical (unpaired) electrons. The fraction of sp³-hybridized carbons (Fsp3) is 0.200. The van der Waals surface area contributed by atoms with Gasteiger partial charge in [-0.1, -0.05) is 61.2 Å². The quantitative estimate of drug-likeness (QED) is 0.579. The van der Waals surface area contributed by atoms with Gasteiger partial charge >= 0.3 is 0 Å². The van der Waals surface area contributed by atoms with E-state index in [0.29, 0.717) is 22.9 Å². The van der Waals surface area contributed by atoms with Gasteiger partial charge in [-0.15, -0.1) is 0 Å². The number of ether oxygens (including phenoxy) is 1. The molecular formula is C25H23FN2O3S. The molecule has 164 valence electrons. The number of hydrogen-bond donors (Lipinski definition) is 1. The smallest absolute Gasteiger partial charge is 0.259 e. The second-order valence-corrected chi connectivity index (χ2v) is 8.76. The Bertz CT molecular complexity index is 1190. The molecular weight excluding hydrogens is 427 g/mol. The van der Waals surface area contributed by atoms with Crippen LogP contribution >= 0.6 is 11.8 Å². The second kappa shape index (κ2) is 9.87. The zero-order valence-electron chi connectivity index (χ0n) is 17.5. The van der Waals surface area contributed by atoms with Crippen molar-refractivity contribution in [1.82, 2.24) is 9.88 Å². The molecule has 2 atom stereocenters. The predicted molar refractivity (Wildman–Crippen MR) is 125 cm³/mol. The number of hydrogen-bond acceptors (Lipinski definition) is 4. The van der Waals surface area contributed by atoms with Crippen molar-refractivity contribution in [3.8, 4) is 5.75 Å². The molecule has 2 unspecified atom stereocenters. The van der Waals surface area contributed by atoms with Crippen molar-refractivity contribution in [3.63, 3.8) is 0 Å². The summed E-state index contributed by atoms with van der Waals surface area (Å²) in [5.74, 6) is -0.0340. The van der Waals surface area contributed by atoms with E-state index < -0.39 is 0 Å². The number of carbonyl (C=O) groups excluding carboxylic acids is 1. The fourth-order valence-corrected chi connectivity index (χ4v) is 4.73. The first kappa shape index (κ1) is 21.9. The third-order valence-electron chi connectivity index (χ3n) is 5.12. The minimum Gasteiger partial charge on any atom is -0.489 e. The minimum absolute atomic E-state index is 0.0524. The van der Waals surface area contributed by atoms with Gasteiger partial charge in [-0.2, -0.15) is 0 Å². The van der Waals surface area contributed by atoms with Crippen molar-refractivity contribution in [2.75, 3.05) is 0 Å². The number of allylic oxidation sites excluding steroid dienone is 1. The molecule has 1 aromatic heterocycles. The highest BCUT2D eigenvalue weighted by molar-refractivity contribution is 8.09. The molecule has 32 heavy (non-hydrogen) atoms. The van der Waals surface area contributed by atoms with Gasteiger partial charge in [0.25, 0.3) is 5.56 Å². The van der Waals surface area contributed by atoms with Crippen LogP contribution in [-0.2, 0) is 17.9 Å². The van der Waals surface area contributed by atoms with Gasteiger partial charge in [-0.05, 0) is 41.3 Å². The van der Waals surface area contributed by atoms with Crippen LogP contribution in [0.25, 0.3) is 5.03 Å². The average molecular weight is 451 g/mol. The molecule has 1 aliphatic heterocycles. The highest BCUT2D eigenvalue weighted by atomic mass is 32.2. The van der Waals surface area contributed by atoms with E-state index in [-0.39, 0.29) is 35.0 Å².